The second-order valence-corrected chi connectivity index (χ2v) is 4.27. The van der Waals surface area contributed by atoms with E-state index in [1.54, 1.807) is 12.3 Å². The topological polar surface area (TPSA) is 38.5 Å². The van der Waals surface area contributed by atoms with Crippen molar-refractivity contribution in [2.75, 3.05) is 5.32 Å². The summed E-state index contributed by atoms with van der Waals surface area (Å²) in [4.78, 5) is -0.787. The molecule has 0 aromatic heterocycles. The molecule has 79 valence electrons. The van der Waals surface area contributed by atoms with Crippen molar-refractivity contribution in [3.05, 3.63) is 48.2 Å². The van der Waals surface area contributed by atoms with Crippen molar-refractivity contribution in [3.63, 3.8) is 0 Å². The van der Waals surface area contributed by atoms with E-state index < -0.39 is 5.00 Å². The molecule has 0 fully saturated rings. The highest BCUT2D eigenvalue weighted by Crippen LogP contribution is 2.32. The Morgan fingerprint density at radius 3 is 2.88 bits per heavy atom. The molecule has 1 aromatic rings. The zero-order chi connectivity index (χ0) is 11.0. The number of para-hydroxylation sites is 1. The van der Waals surface area contributed by atoms with Crippen molar-refractivity contribution in [3.8, 4) is 0 Å². The van der Waals surface area contributed by atoms with Crippen LogP contribution in [0.3, 0.4) is 0 Å². The molecule has 0 saturated carbocycles. The van der Waals surface area contributed by atoms with Crippen LogP contribution in [0.1, 0.15) is 5.56 Å². The van der Waals surface area contributed by atoms with Crippen LogP contribution in [-0.4, -0.2) is 10.7 Å². The van der Waals surface area contributed by atoms with Gasteiger partial charge in [-0.25, -0.2) is 0 Å². The Hall–Kier alpha value is -1.74. The Morgan fingerprint density at radius 1 is 1.19 bits per heavy atom. The summed E-state index contributed by atoms with van der Waals surface area (Å²) in [6.45, 7) is 0. The molecule has 3 nitrogen and oxygen atoms in total. The third-order valence-corrected chi connectivity index (χ3v) is 3.02. The molecule has 1 atom stereocenters. The van der Waals surface area contributed by atoms with Gasteiger partial charge in [-0.3, -0.25) is 0 Å². The first-order chi connectivity index (χ1) is 7.78. The Morgan fingerprint density at radius 2 is 2.06 bits per heavy atom. The lowest BCUT2D eigenvalue weighted by molar-refractivity contribution is 0.947. The second kappa shape index (κ2) is 3.39. The number of fused-ring (bicyclic) bond motifs is 1. The van der Waals surface area contributed by atoms with Gasteiger partial charge in [-0.15, -0.1) is 0 Å². The van der Waals surface area contributed by atoms with Crippen LogP contribution in [0, 0.1) is 0 Å². The Kier molecular flexibility index (Phi) is 2.01. The maximum atomic E-state index is 6.47. The van der Waals surface area contributed by atoms with E-state index in [1.807, 2.05) is 36.4 Å². The summed E-state index contributed by atoms with van der Waals surface area (Å²) >= 11 is 6.47. The highest BCUT2D eigenvalue weighted by Gasteiger charge is 2.33. The first-order valence-electron chi connectivity index (χ1n) is 4.98. The smallest absolute Gasteiger partial charge is 0.176 e. The molecule has 0 amide bonds. The lowest BCUT2D eigenvalue weighted by Crippen LogP contribution is -2.39. The number of nitrogens with one attached hydrogen (secondary N) is 1. The molecule has 1 radical (unpaired) electrons. The monoisotopic (exact) mass is 230 g/mol. The number of hydrogen-bond acceptors (Lipinski definition) is 2. The number of rotatable bonds is 1. The van der Waals surface area contributed by atoms with E-state index >= 15 is 0 Å². The van der Waals surface area contributed by atoms with Gasteiger partial charge in [0.25, 0.3) is 0 Å². The first-order valence-corrected chi connectivity index (χ1v) is 5.36. The molecule has 2 aliphatic heterocycles. The van der Waals surface area contributed by atoms with E-state index in [2.05, 4.69) is 15.8 Å². The molecule has 1 N–H and O–H groups in total. The van der Waals surface area contributed by atoms with E-state index in [-0.39, 0.29) is 0 Å². The van der Waals surface area contributed by atoms with E-state index in [9.17, 15) is 0 Å². The predicted molar refractivity (Wildman–Crippen MR) is 66.4 cm³/mol. The fourth-order valence-corrected chi connectivity index (χ4v) is 2.04. The van der Waals surface area contributed by atoms with E-state index in [1.165, 1.54) is 0 Å². The molecule has 3 rings (SSSR count). The zero-order valence-corrected chi connectivity index (χ0v) is 9.15. The van der Waals surface area contributed by atoms with E-state index in [4.69, 9.17) is 11.6 Å². The lowest BCUT2D eigenvalue weighted by Gasteiger charge is -2.29. The van der Waals surface area contributed by atoms with Gasteiger partial charge >= 0.3 is 0 Å². The average Bonchev–Trinajstić information content (AvgIpc) is 2.83. The van der Waals surface area contributed by atoms with Gasteiger partial charge in [-0.2, -0.15) is 10.5 Å². The van der Waals surface area contributed by atoms with Crippen molar-refractivity contribution in [1.82, 2.24) is 5.43 Å². The normalized spacial score (nSPS) is 25.7. The van der Waals surface area contributed by atoms with Crippen LogP contribution in [0.15, 0.2) is 47.7 Å². The predicted octanol–water partition coefficient (Wildman–Crippen LogP) is 2.55. The van der Waals surface area contributed by atoms with Crippen molar-refractivity contribution >= 4 is 29.1 Å². The van der Waals surface area contributed by atoms with Gasteiger partial charge in [0.15, 0.2) is 5.00 Å². The van der Waals surface area contributed by atoms with Gasteiger partial charge < -0.3 is 5.32 Å². The first kappa shape index (κ1) is 9.48. The van der Waals surface area contributed by atoms with Gasteiger partial charge in [0.2, 0.25) is 0 Å². The number of halogens is 1. The van der Waals surface area contributed by atoms with Crippen LogP contribution in [0.25, 0.3) is 6.08 Å². The quantitative estimate of drug-likeness (QED) is 0.585. The maximum Gasteiger partial charge on any atom is 0.176 e. The standard InChI is InChI=1S/C12H9ClN3/c13-12(11-6-8-14-16-11)7-5-9-3-1-2-4-10(9)15-12/h1-8,15H. The highest BCUT2D eigenvalue weighted by atomic mass is 35.5. The van der Waals surface area contributed by atoms with Gasteiger partial charge in [0.1, 0.15) is 5.71 Å². The molecule has 2 aliphatic rings. The number of anilines is 1. The SMILES string of the molecule is ClC1(C2=N[N]C=C2)C=Cc2ccccc2N1. The Labute approximate surface area is 98.5 Å². The number of benzene rings is 1. The fraction of sp³-hybridized carbons (Fsp3) is 0.0833. The minimum absolute atomic E-state index is 0.708. The van der Waals surface area contributed by atoms with Crippen LogP contribution in [-0.2, 0) is 0 Å². The molecular formula is C12H9ClN3. The Balaban J connectivity index is 2.01. The third-order valence-electron chi connectivity index (χ3n) is 2.61. The average molecular weight is 231 g/mol. The third kappa shape index (κ3) is 1.41. The summed E-state index contributed by atoms with van der Waals surface area (Å²) in [5, 5.41) is 7.24. The summed E-state index contributed by atoms with van der Waals surface area (Å²) < 4.78 is 0. The van der Waals surface area contributed by atoms with Crippen molar-refractivity contribution < 1.29 is 0 Å². The summed E-state index contributed by atoms with van der Waals surface area (Å²) in [7, 11) is 0. The fourth-order valence-electron chi connectivity index (χ4n) is 1.77. The molecule has 16 heavy (non-hydrogen) atoms. The largest absolute Gasteiger partial charge is 0.358 e. The molecule has 0 aliphatic carbocycles. The minimum atomic E-state index is -0.787. The number of nitrogens with zero attached hydrogens (tertiary/aromatic N) is 2. The molecular weight excluding hydrogens is 222 g/mol. The molecule has 1 unspecified atom stereocenters. The molecule has 0 spiro atoms. The van der Waals surface area contributed by atoms with Crippen LogP contribution >= 0.6 is 11.6 Å². The molecule has 4 heteroatoms. The molecule has 1 aromatic carbocycles. The van der Waals surface area contributed by atoms with Crippen molar-refractivity contribution in [1.29, 1.82) is 0 Å². The van der Waals surface area contributed by atoms with Gasteiger partial charge in [0.05, 0.1) is 6.20 Å². The Bertz CT molecular complexity index is 519. The molecule has 0 saturated heterocycles. The number of alkyl halides is 1. The van der Waals surface area contributed by atoms with Gasteiger partial charge in [-0.1, -0.05) is 35.9 Å². The highest BCUT2D eigenvalue weighted by molar-refractivity contribution is 6.41. The van der Waals surface area contributed by atoms with Crippen LogP contribution in [0.5, 0.6) is 0 Å². The summed E-state index contributed by atoms with van der Waals surface area (Å²) in [5.41, 5.74) is 6.62. The van der Waals surface area contributed by atoms with Crippen molar-refractivity contribution in [2.45, 2.75) is 5.00 Å². The molecule has 2 heterocycles. The molecule has 0 bridgehead atoms. The zero-order valence-electron chi connectivity index (χ0n) is 8.39. The van der Waals surface area contributed by atoms with Crippen LogP contribution in [0.4, 0.5) is 5.69 Å². The van der Waals surface area contributed by atoms with Crippen LogP contribution in [0.2, 0.25) is 0 Å². The minimum Gasteiger partial charge on any atom is -0.358 e. The van der Waals surface area contributed by atoms with Crippen molar-refractivity contribution in [2.24, 2.45) is 5.10 Å². The lowest BCUT2D eigenvalue weighted by atomic mass is 10.0. The summed E-state index contributed by atoms with van der Waals surface area (Å²) in [6.07, 6.45) is 7.32. The maximum absolute atomic E-state index is 6.47. The van der Waals surface area contributed by atoms with E-state index in [0.29, 0.717) is 5.71 Å². The summed E-state index contributed by atoms with van der Waals surface area (Å²) in [6, 6.07) is 7.99. The second-order valence-electron chi connectivity index (χ2n) is 3.67. The van der Waals surface area contributed by atoms with Gasteiger partial charge in [0, 0.05) is 5.69 Å². The number of hydrogen-bond donors (Lipinski definition) is 1. The van der Waals surface area contributed by atoms with Gasteiger partial charge in [-0.05, 0) is 23.8 Å². The van der Waals surface area contributed by atoms with E-state index in [0.717, 1.165) is 11.3 Å². The summed E-state index contributed by atoms with van der Waals surface area (Å²) in [5.74, 6) is 0. The van der Waals surface area contributed by atoms with Crippen LogP contribution < -0.4 is 10.7 Å².